The minimum absolute atomic E-state index is 0.0168. The summed E-state index contributed by atoms with van der Waals surface area (Å²) in [5.41, 5.74) is -1.86. The molecule has 4 nitrogen and oxygen atoms in total. The van der Waals surface area contributed by atoms with E-state index in [1.807, 2.05) is 10.8 Å². The zero-order chi connectivity index (χ0) is 18.8. The molecule has 0 aliphatic carbocycles. The van der Waals surface area contributed by atoms with Gasteiger partial charge in [-0.05, 0) is 40.4 Å². The Morgan fingerprint density at radius 3 is 2.54 bits per heavy atom. The first-order valence-corrected chi connectivity index (χ1v) is 9.23. The van der Waals surface area contributed by atoms with Crippen molar-refractivity contribution in [3.63, 3.8) is 0 Å². The maximum atomic E-state index is 12.5. The van der Waals surface area contributed by atoms with Gasteiger partial charge in [-0.25, -0.2) is 0 Å². The average Bonchev–Trinajstić information content (AvgIpc) is 3.32. The van der Waals surface area contributed by atoms with Crippen molar-refractivity contribution in [2.24, 2.45) is 0 Å². The normalized spacial score (nSPS) is 14.0. The Morgan fingerprint density at radius 2 is 2.00 bits per heavy atom. The maximum absolute atomic E-state index is 12.5. The van der Waals surface area contributed by atoms with Gasteiger partial charge in [-0.15, -0.1) is 11.3 Å². The lowest BCUT2D eigenvalue weighted by Gasteiger charge is -2.27. The van der Waals surface area contributed by atoms with E-state index in [0.717, 1.165) is 18.3 Å². The molecular weight excluding hydrogens is 385 g/mol. The van der Waals surface area contributed by atoms with Crippen LogP contribution in [0.25, 0.3) is 0 Å². The van der Waals surface area contributed by atoms with Crippen LogP contribution in [0.5, 0.6) is 0 Å². The monoisotopic (exact) mass is 398 g/mol. The lowest BCUT2D eigenvalue weighted by Crippen LogP contribution is -2.41. The molecule has 1 amide bonds. The first-order chi connectivity index (χ1) is 12.3. The Morgan fingerprint density at radius 1 is 1.19 bits per heavy atom. The van der Waals surface area contributed by atoms with Crippen molar-refractivity contribution in [3.05, 3.63) is 74.4 Å². The van der Waals surface area contributed by atoms with Crippen molar-refractivity contribution >= 4 is 28.6 Å². The number of hydrogen-bond acceptors (Lipinski definition) is 5. The summed E-state index contributed by atoms with van der Waals surface area (Å²) in [4.78, 5) is 16.2. The molecule has 0 spiro atoms. The third-order valence-corrected chi connectivity index (χ3v) is 5.45. The van der Waals surface area contributed by atoms with E-state index in [0.29, 0.717) is 10.4 Å². The van der Waals surface area contributed by atoms with Crippen LogP contribution < -0.4 is 5.32 Å². The second-order valence-electron chi connectivity index (χ2n) is 5.46. The average molecular weight is 398 g/mol. The molecule has 9 heteroatoms. The predicted molar refractivity (Wildman–Crippen MR) is 93.2 cm³/mol. The van der Waals surface area contributed by atoms with Gasteiger partial charge in [0, 0.05) is 16.6 Å². The number of nitrogens with one attached hydrogen (secondary N) is 1. The molecule has 0 radical (unpaired) electrons. The Hall–Kier alpha value is -2.23. The Labute approximate surface area is 155 Å². The smallest absolute Gasteiger partial charge is 0.378 e. The number of halogens is 3. The van der Waals surface area contributed by atoms with Gasteiger partial charge in [0.2, 0.25) is 0 Å². The van der Waals surface area contributed by atoms with E-state index in [2.05, 4.69) is 10.3 Å². The molecule has 3 heterocycles. The molecular formula is C17H13F3N2O2S2. The van der Waals surface area contributed by atoms with Crippen LogP contribution in [-0.4, -0.2) is 22.5 Å². The third kappa shape index (κ3) is 3.79. The minimum Gasteiger partial charge on any atom is -0.378 e. The Kier molecular flexibility index (Phi) is 5.12. The van der Waals surface area contributed by atoms with Gasteiger partial charge in [0.1, 0.15) is 11.3 Å². The second-order valence-corrected chi connectivity index (χ2v) is 7.19. The summed E-state index contributed by atoms with van der Waals surface area (Å²) < 4.78 is 37.6. The van der Waals surface area contributed by atoms with Gasteiger partial charge < -0.3 is 10.4 Å². The van der Waals surface area contributed by atoms with Crippen LogP contribution in [0.15, 0.2) is 52.7 Å². The minimum atomic E-state index is -4.56. The van der Waals surface area contributed by atoms with Gasteiger partial charge in [0.15, 0.2) is 0 Å². The largest absolute Gasteiger partial charge is 0.433 e. The summed E-state index contributed by atoms with van der Waals surface area (Å²) >= 11 is 2.76. The van der Waals surface area contributed by atoms with Gasteiger partial charge in [0.25, 0.3) is 5.91 Å². The summed E-state index contributed by atoms with van der Waals surface area (Å²) in [5.74, 6) is -0.614. The molecule has 136 valence electrons. The van der Waals surface area contributed by atoms with Crippen LogP contribution in [0.1, 0.15) is 26.5 Å². The summed E-state index contributed by atoms with van der Waals surface area (Å²) in [6.45, 7) is -0.121. The van der Waals surface area contributed by atoms with Gasteiger partial charge in [-0.1, -0.05) is 6.07 Å². The van der Waals surface area contributed by atoms with Crippen LogP contribution in [0, 0.1) is 0 Å². The third-order valence-electron chi connectivity index (χ3n) is 3.75. The summed E-state index contributed by atoms with van der Waals surface area (Å²) in [5, 5.41) is 19.1. The van der Waals surface area contributed by atoms with Gasteiger partial charge in [0.05, 0.1) is 12.1 Å². The molecule has 0 saturated heterocycles. The Balaban J connectivity index is 1.76. The second kappa shape index (κ2) is 7.18. The fourth-order valence-electron chi connectivity index (χ4n) is 2.35. The van der Waals surface area contributed by atoms with Gasteiger partial charge >= 0.3 is 6.18 Å². The molecule has 0 aliphatic rings. The number of hydrogen-bond donors (Lipinski definition) is 2. The highest BCUT2D eigenvalue weighted by molar-refractivity contribution is 7.10. The van der Waals surface area contributed by atoms with E-state index in [9.17, 15) is 23.1 Å². The molecule has 3 aromatic rings. The van der Waals surface area contributed by atoms with Crippen LogP contribution in [0.2, 0.25) is 0 Å². The lowest BCUT2D eigenvalue weighted by atomic mass is 9.94. The molecule has 0 saturated carbocycles. The highest BCUT2D eigenvalue weighted by atomic mass is 32.1. The molecule has 0 bridgehead atoms. The highest BCUT2D eigenvalue weighted by Gasteiger charge is 2.34. The number of aromatic nitrogens is 1. The fraction of sp³-hybridized carbons (Fsp3) is 0.176. The van der Waals surface area contributed by atoms with E-state index >= 15 is 0 Å². The highest BCUT2D eigenvalue weighted by Crippen LogP contribution is 2.33. The van der Waals surface area contributed by atoms with Crippen molar-refractivity contribution in [3.8, 4) is 0 Å². The first kappa shape index (κ1) is 18.6. The van der Waals surface area contributed by atoms with Crippen molar-refractivity contribution in [2.75, 3.05) is 6.54 Å². The molecule has 0 aliphatic heterocycles. The van der Waals surface area contributed by atoms with E-state index in [1.165, 1.54) is 22.7 Å². The lowest BCUT2D eigenvalue weighted by molar-refractivity contribution is -0.141. The number of pyridine rings is 1. The van der Waals surface area contributed by atoms with E-state index < -0.39 is 23.4 Å². The first-order valence-electron chi connectivity index (χ1n) is 7.41. The zero-order valence-electron chi connectivity index (χ0n) is 13.2. The van der Waals surface area contributed by atoms with Crippen molar-refractivity contribution in [1.82, 2.24) is 10.3 Å². The molecule has 26 heavy (non-hydrogen) atoms. The van der Waals surface area contributed by atoms with Crippen LogP contribution >= 0.6 is 22.7 Å². The number of carbonyl (C=O) groups excluding carboxylic acids is 1. The number of carbonyl (C=O) groups is 1. The molecule has 1 atom stereocenters. The number of thiophene rings is 2. The van der Waals surface area contributed by atoms with Crippen molar-refractivity contribution in [2.45, 2.75) is 11.8 Å². The molecule has 0 unspecified atom stereocenters. The standard InChI is InChI=1S/C17H13F3N2O2S2/c18-17(19,20)13-4-3-11(8-21-13)15(23)22-10-16(24,12-5-7-25-9-12)14-2-1-6-26-14/h1-9,24H,10H2,(H,22,23)/t16-/m0/s1. The van der Waals surface area contributed by atoms with Crippen molar-refractivity contribution < 1.29 is 23.1 Å². The SMILES string of the molecule is O=C(NC[C@](O)(c1ccsc1)c1cccs1)c1ccc(C(F)(F)F)nc1. The molecule has 3 aromatic heterocycles. The summed E-state index contributed by atoms with van der Waals surface area (Å²) in [7, 11) is 0. The summed E-state index contributed by atoms with van der Waals surface area (Å²) in [6.07, 6.45) is -3.69. The topological polar surface area (TPSA) is 62.2 Å². The number of aliphatic hydroxyl groups is 1. The van der Waals surface area contributed by atoms with E-state index in [-0.39, 0.29) is 12.1 Å². The number of rotatable bonds is 5. The predicted octanol–water partition coefficient (Wildman–Crippen LogP) is 3.89. The van der Waals surface area contributed by atoms with E-state index in [1.54, 1.807) is 23.6 Å². The summed E-state index contributed by atoms with van der Waals surface area (Å²) in [6, 6.07) is 7.11. The molecule has 0 fully saturated rings. The number of nitrogens with zero attached hydrogens (tertiary/aromatic N) is 1. The van der Waals surface area contributed by atoms with Crippen molar-refractivity contribution in [1.29, 1.82) is 0 Å². The van der Waals surface area contributed by atoms with Gasteiger partial charge in [-0.3, -0.25) is 9.78 Å². The van der Waals surface area contributed by atoms with Crippen LogP contribution in [0.3, 0.4) is 0 Å². The molecule has 3 rings (SSSR count). The fourth-order valence-corrected chi connectivity index (χ4v) is 3.92. The van der Waals surface area contributed by atoms with E-state index in [4.69, 9.17) is 0 Å². The zero-order valence-corrected chi connectivity index (χ0v) is 14.8. The Bertz CT molecular complexity index is 826. The van der Waals surface area contributed by atoms with Gasteiger partial charge in [-0.2, -0.15) is 24.5 Å². The molecule has 0 aromatic carbocycles. The number of amides is 1. The van der Waals surface area contributed by atoms with Crippen LogP contribution in [0.4, 0.5) is 13.2 Å². The van der Waals surface area contributed by atoms with Crippen LogP contribution in [-0.2, 0) is 11.8 Å². The number of alkyl halides is 3. The maximum Gasteiger partial charge on any atom is 0.433 e. The molecule has 2 N–H and O–H groups in total. The quantitative estimate of drug-likeness (QED) is 0.686.